The number of ether oxygens (including phenoxy) is 1. The smallest absolute Gasteiger partial charge is 0.270 e. The van der Waals surface area contributed by atoms with Crippen molar-refractivity contribution in [2.24, 2.45) is 0 Å². The average molecular weight is 430 g/mol. The van der Waals surface area contributed by atoms with Gasteiger partial charge in [0.25, 0.3) is 5.56 Å². The van der Waals surface area contributed by atoms with Gasteiger partial charge in [0, 0.05) is 0 Å². The molecule has 0 saturated heterocycles. The summed E-state index contributed by atoms with van der Waals surface area (Å²) in [6.07, 6.45) is 8.99. The van der Waals surface area contributed by atoms with Crippen LogP contribution in [-0.4, -0.2) is 28.0 Å². The standard InChI is InChI=1S/C23H31N3O3S/c1-2-3-14-29-18-12-10-16(11-13-18)21-20-22(24-19(27)15-30-21)26(25-23(20)28)17-8-6-4-5-7-9-17/h10-13,17,21H,2-9,14-15H2,1H3,(H,24,27)(H,25,28)/t21-/m0/s1. The lowest BCUT2D eigenvalue weighted by Crippen LogP contribution is -2.19. The molecule has 0 radical (unpaired) electrons. The number of rotatable bonds is 6. The van der Waals surface area contributed by atoms with Crippen molar-refractivity contribution in [1.29, 1.82) is 0 Å². The van der Waals surface area contributed by atoms with Crippen LogP contribution in [0.15, 0.2) is 29.1 Å². The summed E-state index contributed by atoms with van der Waals surface area (Å²) < 4.78 is 7.72. The second kappa shape index (κ2) is 9.77. The van der Waals surface area contributed by atoms with E-state index in [-0.39, 0.29) is 22.8 Å². The van der Waals surface area contributed by atoms with E-state index in [2.05, 4.69) is 17.3 Å². The molecule has 162 valence electrons. The Morgan fingerprint density at radius 2 is 1.83 bits per heavy atom. The number of carbonyl (C=O) groups is 1. The average Bonchev–Trinajstić information content (AvgIpc) is 2.95. The fourth-order valence-corrected chi connectivity index (χ4v) is 5.50. The Balaban J connectivity index is 1.65. The Morgan fingerprint density at radius 1 is 1.10 bits per heavy atom. The summed E-state index contributed by atoms with van der Waals surface area (Å²) in [5, 5.41) is 5.90. The molecular weight excluding hydrogens is 398 g/mol. The maximum absolute atomic E-state index is 13.0. The molecule has 0 bridgehead atoms. The zero-order chi connectivity index (χ0) is 20.9. The predicted molar refractivity (Wildman–Crippen MR) is 122 cm³/mol. The molecule has 1 atom stereocenters. The third-order valence-corrected chi connectivity index (χ3v) is 7.27. The number of aromatic nitrogens is 2. The van der Waals surface area contributed by atoms with Crippen molar-refractivity contribution in [2.75, 3.05) is 17.7 Å². The lowest BCUT2D eigenvalue weighted by Gasteiger charge is -2.19. The fourth-order valence-electron chi connectivity index (χ4n) is 4.37. The largest absolute Gasteiger partial charge is 0.494 e. The number of unbranched alkanes of at least 4 members (excludes halogenated alkanes) is 1. The number of fused-ring (bicyclic) bond motifs is 1. The summed E-state index contributed by atoms with van der Waals surface area (Å²) in [6, 6.07) is 8.19. The monoisotopic (exact) mass is 429 g/mol. The number of hydrogen-bond donors (Lipinski definition) is 2. The van der Waals surface area contributed by atoms with E-state index in [1.165, 1.54) is 24.6 Å². The maximum atomic E-state index is 13.0. The second-order valence-electron chi connectivity index (χ2n) is 8.23. The molecule has 0 unspecified atom stereocenters. The number of aromatic amines is 1. The van der Waals surface area contributed by atoms with E-state index in [4.69, 9.17) is 4.74 Å². The fraction of sp³-hybridized carbons (Fsp3) is 0.565. The third kappa shape index (κ3) is 4.61. The molecule has 2 N–H and O–H groups in total. The van der Waals surface area contributed by atoms with Gasteiger partial charge in [-0.25, -0.2) is 0 Å². The Morgan fingerprint density at radius 3 is 2.53 bits per heavy atom. The van der Waals surface area contributed by atoms with Gasteiger partial charge in [-0.1, -0.05) is 51.2 Å². The van der Waals surface area contributed by atoms with Crippen LogP contribution < -0.4 is 15.6 Å². The quantitative estimate of drug-likeness (QED) is 0.499. The maximum Gasteiger partial charge on any atom is 0.270 e. The molecule has 6 nitrogen and oxygen atoms in total. The molecular formula is C23H31N3O3S. The molecule has 2 heterocycles. The minimum atomic E-state index is -0.181. The van der Waals surface area contributed by atoms with Crippen LogP contribution in [0.25, 0.3) is 0 Å². The summed E-state index contributed by atoms with van der Waals surface area (Å²) >= 11 is 1.51. The number of amides is 1. The first-order valence-electron chi connectivity index (χ1n) is 11.2. The Kier molecular flexibility index (Phi) is 6.87. The van der Waals surface area contributed by atoms with E-state index in [1.54, 1.807) is 0 Å². The molecule has 30 heavy (non-hydrogen) atoms. The summed E-state index contributed by atoms with van der Waals surface area (Å²) in [4.78, 5) is 25.5. The van der Waals surface area contributed by atoms with Crippen molar-refractivity contribution < 1.29 is 9.53 Å². The van der Waals surface area contributed by atoms with Crippen molar-refractivity contribution >= 4 is 23.5 Å². The second-order valence-corrected chi connectivity index (χ2v) is 9.32. The molecule has 1 aromatic carbocycles. The van der Waals surface area contributed by atoms with E-state index in [1.807, 2.05) is 28.9 Å². The van der Waals surface area contributed by atoms with Crippen LogP contribution in [0.1, 0.15) is 80.7 Å². The number of carbonyl (C=O) groups excluding carboxylic acids is 1. The molecule has 1 saturated carbocycles. The Bertz CT molecular complexity index is 911. The van der Waals surface area contributed by atoms with E-state index in [0.29, 0.717) is 23.7 Å². The normalized spacial score (nSPS) is 20.2. The highest BCUT2D eigenvalue weighted by molar-refractivity contribution is 8.00. The number of nitrogens with one attached hydrogen (secondary N) is 2. The highest BCUT2D eigenvalue weighted by Crippen LogP contribution is 2.41. The highest BCUT2D eigenvalue weighted by Gasteiger charge is 2.32. The molecule has 7 heteroatoms. The van der Waals surface area contributed by atoms with Gasteiger partial charge in [0.2, 0.25) is 5.91 Å². The Hall–Kier alpha value is -2.15. The van der Waals surface area contributed by atoms with Crippen LogP contribution in [0.2, 0.25) is 0 Å². The number of thioether (sulfide) groups is 1. The number of hydrogen-bond acceptors (Lipinski definition) is 4. The van der Waals surface area contributed by atoms with E-state index in [9.17, 15) is 9.59 Å². The van der Waals surface area contributed by atoms with E-state index >= 15 is 0 Å². The van der Waals surface area contributed by atoms with Crippen molar-refractivity contribution in [3.8, 4) is 5.75 Å². The summed E-state index contributed by atoms with van der Waals surface area (Å²) in [7, 11) is 0. The van der Waals surface area contributed by atoms with Crippen LogP contribution in [0.3, 0.4) is 0 Å². The molecule has 2 aromatic rings. The first kappa shape index (κ1) is 21.1. The van der Waals surface area contributed by atoms with Crippen LogP contribution >= 0.6 is 11.8 Å². The minimum Gasteiger partial charge on any atom is -0.494 e. The molecule has 2 aliphatic rings. The van der Waals surface area contributed by atoms with E-state index < -0.39 is 0 Å². The summed E-state index contributed by atoms with van der Waals surface area (Å²) in [6.45, 7) is 2.85. The number of benzene rings is 1. The van der Waals surface area contributed by atoms with Gasteiger partial charge in [0.1, 0.15) is 11.6 Å². The highest BCUT2D eigenvalue weighted by atomic mass is 32.2. The molecule has 1 aliphatic carbocycles. The molecule has 1 fully saturated rings. The van der Waals surface area contributed by atoms with E-state index in [0.717, 1.165) is 49.8 Å². The predicted octanol–water partition coefficient (Wildman–Crippen LogP) is 5.03. The van der Waals surface area contributed by atoms with Crippen molar-refractivity contribution in [2.45, 2.75) is 69.6 Å². The van der Waals surface area contributed by atoms with Crippen molar-refractivity contribution in [3.05, 3.63) is 45.7 Å². The molecule has 1 aromatic heterocycles. The lowest BCUT2D eigenvalue weighted by molar-refractivity contribution is -0.113. The Labute approximate surface area is 181 Å². The van der Waals surface area contributed by atoms with Gasteiger partial charge in [0.15, 0.2) is 0 Å². The van der Waals surface area contributed by atoms with Crippen LogP contribution in [0.5, 0.6) is 5.75 Å². The van der Waals surface area contributed by atoms with Gasteiger partial charge in [-0.2, -0.15) is 0 Å². The van der Waals surface area contributed by atoms with Crippen LogP contribution in [-0.2, 0) is 4.79 Å². The zero-order valence-corrected chi connectivity index (χ0v) is 18.4. The van der Waals surface area contributed by atoms with Gasteiger partial charge in [-0.15, -0.1) is 11.8 Å². The van der Waals surface area contributed by atoms with Gasteiger partial charge in [-0.3, -0.25) is 19.4 Å². The van der Waals surface area contributed by atoms with Crippen molar-refractivity contribution in [3.63, 3.8) is 0 Å². The molecule has 0 spiro atoms. The third-order valence-electron chi connectivity index (χ3n) is 6.00. The topological polar surface area (TPSA) is 76.1 Å². The molecule has 1 amide bonds. The zero-order valence-electron chi connectivity index (χ0n) is 17.6. The van der Waals surface area contributed by atoms with Crippen molar-refractivity contribution in [1.82, 2.24) is 9.78 Å². The number of H-pyrrole nitrogens is 1. The van der Waals surface area contributed by atoms with Crippen LogP contribution in [0.4, 0.5) is 5.82 Å². The van der Waals surface area contributed by atoms with Gasteiger partial charge >= 0.3 is 0 Å². The van der Waals surface area contributed by atoms with Crippen LogP contribution in [0, 0.1) is 0 Å². The lowest BCUT2D eigenvalue weighted by atomic mass is 10.1. The van der Waals surface area contributed by atoms with Gasteiger partial charge in [-0.05, 0) is 37.0 Å². The minimum absolute atomic E-state index is 0.0513. The first-order valence-corrected chi connectivity index (χ1v) is 12.2. The van der Waals surface area contributed by atoms with Gasteiger partial charge in [0.05, 0.1) is 29.2 Å². The molecule has 1 aliphatic heterocycles. The SMILES string of the molecule is CCCCOc1ccc([C@@H]2SCC(=O)Nc3c2c(=O)[nH]n3C2CCCCCC2)cc1. The summed E-state index contributed by atoms with van der Waals surface area (Å²) in [5.74, 6) is 1.78. The van der Waals surface area contributed by atoms with Gasteiger partial charge < -0.3 is 10.1 Å². The number of nitrogens with zero attached hydrogens (tertiary/aromatic N) is 1. The first-order chi connectivity index (χ1) is 14.7. The number of anilines is 1. The summed E-state index contributed by atoms with van der Waals surface area (Å²) in [5.41, 5.74) is 1.58. The molecule has 4 rings (SSSR count).